The number of nitrogens with one attached hydrogen (secondary N) is 1. The van der Waals surface area contributed by atoms with Crippen LogP contribution in [0.2, 0.25) is 10.0 Å². The first kappa shape index (κ1) is 13.2. The van der Waals surface area contributed by atoms with Gasteiger partial charge in [-0.3, -0.25) is 0 Å². The van der Waals surface area contributed by atoms with Crippen molar-refractivity contribution in [2.24, 2.45) is 5.92 Å². The fraction of sp³-hybridized carbons (Fsp3) is 0.571. The SMILES string of the molecule is CC(C)(C)NCC1CC1c1cccc(Cl)c1Cl. The van der Waals surface area contributed by atoms with Crippen LogP contribution in [0.25, 0.3) is 0 Å². The molecule has 1 aliphatic carbocycles. The molecule has 1 nitrogen and oxygen atoms in total. The summed E-state index contributed by atoms with van der Waals surface area (Å²) in [6.45, 7) is 7.63. The van der Waals surface area contributed by atoms with Crippen LogP contribution in [0.4, 0.5) is 0 Å². The molecule has 0 radical (unpaired) electrons. The van der Waals surface area contributed by atoms with Gasteiger partial charge >= 0.3 is 0 Å². The van der Waals surface area contributed by atoms with Crippen molar-refractivity contribution in [3.05, 3.63) is 33.8 Å². The maximum atomic E-state index is 6.23. The molecule has 2 atom stereocenters. The third kappa shape index (κ3) is 3.37. The summed E-state index contributed by atoms with van der Waals surface area (Å²) in [4.78, 5) is 0. The second-order valence-electron chi connectivity index (χ2n) is 5.88. The van der Waals surface area contributed by atoms with Gasteiger partial charge in [-0.25, -0.2) is 0 Å². The maximum absolute atomic E-state index is 6.23. The molecule has 1 fully saturated rings. The zero-order chi connectivity index (χ0) is 12.6. The molecule has 1 aromatic carbocycles. The zero-order valence-corrected chi connectivity index (χ0v) is 12.1. The van der Waals surface area contributed by atoms with E-state index in [0.717, 1.165) is 11.6 Å². The summed E-state index contributed by atoms with van der Waals surface area (Å²) in [6, 6.07) is 5.92. The van der Waals surface area contributed by atoms with Crippen molar-refractivity contribution < 1.29 is 0 Å². The Labute approximate surface area is 114 Å². The molecular weight excluding hydrogens is 253 g/mol. The van der Waals surface area contributed by atoms with Crippen LogP contribution in [0.1, 0.15) is 38.7 Å². The first-order valence-corrected chi connectivity index (χ1v) is 6.83. The van der Waals surface area contributed by atoms with E-state index in [1.807, 2.05) is 12.1 Å². The van der Waals surface area contributed by atoms with Crippen LogP contribution in [-0.4, -0.2) is 12.1 Å². The number of benzene rings is 1. The molecule has 1 aromatic rings. The van der Waals surface area contributed by atoms with E-state index < -0.39 is 0 Å². The lowest BCUT2D eigenvalue weighted by molar-refractivity contribution is 0.414. The molecule has 1 saturated carbocycles. The van der Waals surface area contributed by atoms with Crippen LogP contribution in [0.15, 0.2) is 18.2 Å². The Hall–Kier alpha value is -0.240. The van der Waals surface area contributed by atoms with Crippen molar-refractivity contribution in [3.63, 3.8) is 0 Å². The zero-order valence-electron chi connectivity index (χ0n) is 10.6. The third-order valence-electron chi connectivity index (χ3n) is 3.20. The second kappa shape index (κ2) is 4.79. The largest absolute Gasteiger partial charge is 0.312 e. The highest BCUT2D eigenvalue weighted by atomic mass is 35.5. The van der Waals surface area contributed by atoms with Gasteiger partial charge in [0.05, 0.1) is 10.0 Å². The number of rotatable bonds is 3. The van der Waals surface area contributed by atoms with Crippen LogP contribution >= 0.6 is 23.2 Å². The molecule has 2 rings (SSSR count). The van der Waals surface area contributed by atoms with Crippen LogP contribution in [0, 0.1) is 5.92 Å². The fourth-order valence-electron chi connectivity index (χ4n) is 2.10. The predicted octanol–water partition coefficient (Wildman–Crippen LogP) is 4.49. The van der Waals surface area contributed by atoms with E-state index in [1.54, 1.807) is 0 Å². The predicted molar refractivity (Wildman–Crippen MR) is 75.1 cm³/mol. The minimum absolute atomic E-state index is 0.186. The first-order valence-electron chi connectivity index (χ1n) is 6.07. The summed E-state index contributed by atoms with van der Waals surface area (Å²) < 4.78 is 0. The van der Waals surface area contributed by atoms with Crippen LogP contribution in [0.5, 0.6) is 0 Å². The highest BCUT2D eigenvalue weighted by molar-refractivity contribution is 6.42. The number of halogens is 2. The molecule has 0 amide bonds. The lowest BCUT2D eigenvalue weighted by atomic mass is 10.1. The molecule has 17 heavy (non-hydrogen) atoms. The van der Waals surface area contributed by atoms with Gasteiger partial charge in [-0.1, -0.05) is 35.3 Å². The van der Waals surface area contributed by atoms with Crippen molar-refractivity contribution in [1.82, 2.24) is 5.32 Å². The third-order valence-corrected chi connectivity index (χ3v) is 4.03. The Bertz CT molecular complexity index is 409. The maximum Gasteiger partial charge on any atom is 0.0627 e. The van der Waals surface area contributed by atoms with E-state index >= 15 is 0 Å². The average Bonchev–Trinajstić information content (AvgIpc) is 2.97. The van der Waals surface area contributed by atoms with Crippen molar-refractivity contribution in [3.8, 4) is 0 Å². The van der Waals surface area contributed by atoms with Gasteiger partial charge in [0.1, 0.15) is 0 Å². The quantitative estimate of drug-likeness (QED) is 0.855. The first-order chi connectivity index (χ1) is 7.88. The van der Waals surface area contributed by atoms with Gasteiger partial charge < -0.3 is 5.32 Å². The topological polar surface area (TPSA) is 12.0 Å². The van der Waals surface area contributed by atoms with E-state index in [0.29, 0.717) is 16.9 Å². The number of hydrogen-bond acceptors (Lipinski definition) is 1. The van der Waals surface area contributed by atoms with Crippen molar-refractivity contribution in [1.29, 1.82) is 0 Å². The van der Waals surface area contributed by atoms with Crippen LogP contribution in [-0.2, 0) is 0 Å². The molecule has 1 N–H and O–H groups in total. The molecular formula is C14H19Cl2N. The van der Waals surface area contributed by atoms with Gasteiger partial charge in [0.15, 0.2) is 0 Å². The lowest BCUT2D eigenvalue weighted by Gasteiger charge is -2.20. The molecule has 3 heteroatoms. The Kier molecular flexibility index (Phi) is 3.72. The molecule has 1 aliphatic rings. The van der Waals surface area contributed by atoms with Gasteiger partial charge in [-0.15, -0.1) is 0 Å². The molecule has 0 aliphatic heterocycles. The normalized spacial score (nSPS) is 23.8. The molecule has 0 aromatic heterocycles. The van der Waals surface area contributed by atoms with Gasteiger partial charge in [-0.05, 0) is 57.2 Å². The van der Waals surface area contributed by atoms with Crippen molar-refractivity contribution in [2.45, 2.75) is 38.6 Å². The second-order valence-corrected chi connectivity index (χ2v) is 6.66. The summed E-state index contributed by atoms with van der Waals surface area (Å²) in [6.07, 6.45) is 1.21. The van der Waals surface area contributed by atoms with Gasteiger partial charge in [0, 0.05) is 5.54 Å². The fourth-order valence-corrected chi connectivity index (χ4v) is 2.55. The Balaban J connectivity index is 1.96. The summed E-state index contributed by atoms with van der Waals surface area (Å²) in [5.74, 6) is 1.28. The smallest absolute Gasteiger partial charge is 0.0627 e. The minimum Gasteiger partial charge on any atom is -0.312 e. The Morgan fingerprint density at radius 2 is 2.00 bits per heavy atom. The molecule has 0 saturated heterocycles. The summed E-state index contributed by atoms with van der Waals surface area (Å²) in [5.41, 5.74) is 1.39. The lowest BCUT2D eigenvalue weighted by Crippen LogP contribution is -2.37. The minimum atomic E-state index is 0.186. The van der Waals surface area contributed by atoms with E-state index in [9.17, 15) is 0 Å². The molecule has 0 spiro atoms. The van der Waals surface area contributed by atoms with Crippen LogP contribution < -0.4 is 5.32 Å². The van der Waals surface area contributed by atoms with E-state index in [2.05, 4.69) is 32.2 Å². The average molecular weight is 272 g/mol. The molecule has 0 bridgehead atoms. The summed E-state index contributed by atoms with van der Waals surface area (Å²) in [5, 5.41) is 4.94. The van der Waals surface area contributed by atoms with Gasteiger partial charge in [0.25, 0.3) is 0 Å². The molecule has 0 heterocycles. The Morgan fingerprint density at radius 3 is 2.65 bits per heavy atom. The monoisotopic (exact) mass is 271 g/mol. The highest BCUT2D eigenvalue weighted by Crippen LogP contribution is 2.50. The van der Waals surface area contributed by atoms with E-state index in [-0.39, 0.29) is 5.54 Å². The van der Waals surface area contributed by atoms with Crippen LogP contribution in [0.3, 0.4) is 0 Å². The molecule has 94 valence electrons. The Morgan fingerprint density at radius 1 is 1.29 bits per heavy atom. The van der Waals surface area contributed by atoms with Crippen molar-refractivity contribution in [2.75, 3.05) is 6.54 Å². The van der Waals surface area contributed by atoms with E-state index in [4.69, 9.17) is 23.2 Å². The van der Waals surface area contributed by atoms with E-state index in [1.165, 1.54) is 12.0 Å². The summed E-state index contributed by atoms with van der Waals surface area (Å²) >= 11 is 12.3. The summed E-state index contributed by atoms with van der Waals surface area (Å²) in [7, 11) is 0. The van der Waals surface area contributed by atoms with Crippen molar-refractivity contribution >= 4 is 23.2 Å². The highest BCUT2D eigenvalue weighted by Gasteiger charge is 2.39. The standard InChI is InChI=1S/C14H19Cl2N/c1-14(2,3)17-8-9-7-11(9)10-5-4-6-12(15)13(10)16/h4-6,9,11,17H,7-8H2,1-3H3. The van der Waals surface area contributed by atoms with Gasteiger partial charge in [-0.2, -0.15) is 0 Å². The van der Waals surface area contributed by atoms with Gasteiger partial charge in [0.2, 0.25) is 0 Å². The molecule has 2 unspecified atom stereocenters. The number of hydrogen-bond donors (Lipinski definition) is 1.